The van der Waals surface area contributed by atoms with Crippen LogP contribution in [-0.2, 0) is 16.0 Å². The lowest BCUT2D eigenvalue weighted by atomic mass is 9.73. The molecule has 0 bridgehead atoms. The van der Waals surface area contributed by atoms with Crippen LogP contribution in [0.2, 0.25) is 0 Å². The van der Waals surface area contributed by atoms with Gasteiger partial charge in [-0.1, -0.05) is 92.1 Å². The molecule has 0 heterocycles. The van der Waals surface area contributed by atoms with Crippen molar-refractivity contribution in [3.63, 3.8) is 0 Å². The van der Waals surface area contributed by atoms with Crippen LogP contribution in [0.3, 0.4) is 0 Å². The Hall–Kier alpha value is -4.32. The van der Waals surface area contributed by atoms with E-state index in [-0.39, 0.29) is 43.1 Å². The van der Waals surface area contributed by atoms with Crippen molar-refractivity contribution in [3.05, 3.63) is 107 Å². The summed E-state index contributed by atoms with van der Waals surface area (Å²) in [5.41, 5.74) is 8.46. The van der Waals surface area contributed by atoms with Crippen LogP contribution in [0.1, 0.15) is 93.4 Å². The maximum Gasteiger partial charge on any atom is 0.407 e. The van der Waals surface area contributed by atoms with Gasteiger partial charge in [-0.3, -0.25) is 4.79 Å². The second-order valence-corrected chi connectivity index (χ2v) is 12.5. The van der Waals surface area contributed by atoms with Gasteiger partial charge in [-0.05, 0) is 85.4 Å². The SMILES string of the molecule is C=C(C)[C@@H]1CCC(C)=C[C@H]1c1c(O)cc(CCCCC)cc1OC(=O)CCNC(=O)OCC1c2ccccc2-c2ccccc21. The standard InChI is InChI=1S/C39H45NO5/c1-5-6-7-12-27-22-35(41)38(33-21-26(4)17-18-28(33)25(2)3)36(23-27)45-37(42)19-20-40-39(43)44-24-34-31-15-10-8-13-29(31)30-14-9-11-16-32(30)34/h8-11,13-16,21-23,28,33-34,41H,2,5-7,12,17-20,24H2,1,3-4H3,(H,40,43)/t28-,33+/m0/s1. The molecule has 5 rings (SSSR count). The van der Waals surface area contributed by atoms with Gasteiger partial charge >= 0.3 is 12.1 Å². The molecular formula is C39H45NO5. The van der Waals surface area contributed by atoms with Crippen molar-refractivity contribution < 1.29 is 24.2 Å². The number of fused-ring (bicyclic) bond motifs is 3. The number of carbonyl (C=O) groups excluding carboxylic acids is 2. The number of phenols is 1. The van der Waals surface area contributed by atoms with Crippen molar-refractivity contribution in [1.82, 2.24) is 5.32 Å². The van der Waals surface area contributed by atoms with E-state index >= 15 is 0 Å². The first-order chi connectivity index (χ1) is 21.8. The Kier molecular flexibility index (Phi) is 10.4. The fraction of sp³-hybridized carbons (Fsp3) is 0.385. The third-order valence-corrected chi connectivity index (χ3v) is 9.13. The number of hydrogen-bond acceptors (Lipinski definition) is 5. The third kappa shape index (κ3) is 7.50. The molecule has 0 radical (unpaired) electrons. The molecule has 2 aliphatic rings. The zero-order valence-electron chi connectivity index (χ0n) is 26.7. The van der Waals surface area contributed by atoms with E-state index in [4.69, 9.17) is 9.47 Å². The van der Waals surface area contributed by atoms with Gasteiger partial charge in [-0.15, -0.1) is 0 Å². The molecule has 3 aromatic rings. The first-order valence-electron chi connectivity index (χ1n) is 16.2. The van der Waals surface area contributed by atoms with Gasteiger partial charge in [0.1, 0.15) is 18.1 Å². The van der Waals surface area contributed by atoms with Crippen LogP contribution in [0, 0.1) is 5.92 Å². The van der Waals surface area contributed by atoms with E-state index in [1.165, 1.54) is 5.57 Å². The maximum absolute atomic E-state index is 13.1. The number of rotatable bonds is 12. The Labute approximate surface area is 267 Å². The number of aromatic hydroxyl groups is 1. The summed E-state index contributed by atoms with van der Waals surface area (Å²) in [6.45, 7) is 10.8. The van der Waals surface area contributed by atoms with E-state index in [1.807, 2.05) is 43.3 Å². The summed E-state index contributed by atoms with van der Waals surface area (Å²) in [5.74, 6) is 0.00883. The number of ether oxygens (including phenoxy) is 2. The van der Waals surface area contributed by atoms with Gasteiger partial charge < -0.3 is 19.9 Å². The number of nitrogens with one attached hydrogen (secondary N) is 1. The molecule has 0 unspecified atom stereocenters. The van der Waals surface area contributed by atoms with Crippen molar-refractivity contribution in [2.45, 2.75) is 77.6 Å². The van der Waals surface area contributed by atoms with Gasteiger partial charge in [0, 0.05) is 23.9 Å². The Bertz CT molecular complexity index is 1540. The van der Waals surface area contributed by atoms with Crippen LogP contribution < -0.4 is 10.1 Å². The highest BCUT2D eigenvalue weighted by molar-refractivity contribution is 5.79. The van der Waals surface area contributed by atoms with Gasteiger partial charge in [-0.2, -0.15) is 0 Å². The number of alkyl carbamates (subject to hydrolysis) is 1. The normalized spacial score (nSPS) is 17.2. The van der Waals surface area contributed by atoms with E-state index < -0.39 is 12.1 Å². The van der Waals surface area contributed by atoms with Crippen LogP contribution in [0.15, 0.2) is 84.5 Å². The number of aryl methyl sites for hydroxylation is 1. The Balaban J connectivity index is 1.23. The molecular weight excluding hydrogens is 562 g/mol. The molecule has 1 amide bonds. The van der Waals surface area contributed by atoms with Gasteiger partial charge in [0.2, 0.25) is 0 Å². The molecule has 0 saturated heterocycles. The molecule has 0 aliphatic heterocycles. The van der Waals surface area contributed by atoms with Crippen molar-refractivity contribution in [2.24, 2.45) is 5.92 Å². The molecule has 6 heteroatoms. The van der Waals surface area contributed by atoms with Crippen molar-refractivity contribution in [1.29, 1.82) is 0 Å². The zero-order valence-corrected chi connectivity index (χ0v) is 26.7. The first-order valence-corrected chi connectivity index (χ1v) is 16.2. The molecule has 6 nitrogen and oxygen atoms in total. The third-order valence-electron chi connectivity index (χ3n) is 9.13. The molecule has 0 fully saturated rings. The van der Waals surface area contributed by atoms with Gasteiger partial charge in [0.05, 0.1) is 6.42 Å². The molecule has 45 heavy (non-hydrogen) atoms. The van der Waals surface area contributed by atoms with Gasteiger partial charge in [0.15, 0.2) is 0 Å². The molecule has 0 aromatic heterocycles. The topological polar surface area (TPSA) is 84.9 Å². The van der Waals surface area contributed by atoms with Crippen LogP contribution in [0.4, 0.5) is 4.79 Å². The summed E-state index contributed by atoms with van der Waals surface area (Å²) in [5, 5.41) is 14.0. The minimum Gasteiger partial charge on any atom is -0.507 e. The highest BCUT2D eigenvalue weighted by Gasteiger charge is 2.32. The maximum atomic E-state index is 13.1. The molecule has 2 N–H and O–H groups in total. The van der Waals surface area contributed by atoms with Crippen molar-refractivity contribution in [3.8, 4) is 22.6 Å². The lowest BCUT2D eigenvalue weighted by Gasteiger charge is -2.32. The fourth-order valence-corrected chi connectivity index (χ4v) is 6.81. The Morgan fingerprint density at radius 3 is 2.38 bits per heavy atom. The highest BCUT2D eigenvalue weighted by Crippen LogP contribution is 2.47. The monoisotopic (exact) mass is 607 g/mol. The van der Waals surface area contributed by atoms with Crippen molar-refractivity contribution >= 4 is 12.1 Å². The Morgan fingerprint density at radius 1 is 1.02 bits per heavy atom. The number of phenolic OH excluding ortho intramolecular Hbond substituents is 1. The zero-order chi connectivity index (χ0) is 31.9. The predicted octanol–water partition coefficient (Wildman–Crippen LogP) is 8.98. The van der Waals surface area contributed by atoms with E-state index in [0.29, 0.717) is 11.3 Å². The molecule has 0 saturated carbocycles. The van der Waals surface area contributed by atoms with E-state index in [0.717, 1.165) is 71.9 Å². The summed E-state index contributed by atoms with van der Waals surface area (Å²) in [6.07, 6.45) is 7.42. The molecule has 2 aliphatic carbocycles. The number of esters is 1. The number of carbonyl (C=O) groups is 2. The van der Waals surface area contributed by atoms with E-state index in [9.17, 15) is 14.7 Å². The molecule has 0 spiro atoms. The number of amides is 1. The smallest absolute Gasteiger partial charge is 0.407 e. The van der Waals surface area contributed by atoms with Crippen LogP contribution in [-0.4, -0.2) is 30.3 Å². The average Bonchev–Trinajstić information content (AvgIpc) is 3.33. The van der Waals surface area contributed by atoms with Crippen molar-refractivity contribution in [2.75, 3.05) is 13.2 Å². The van der Waals surface area contributed by atoms with Crippen LogP contribution in [0.25, 0.3) is 11.1 Å². The number of hydrogen-bond donors (Lipinski definition) is 2. The molecule has 236 valence electrons. The first kappa shape index (κ1) is 32.1. The minimum atomic E-state index is -0.576. The minimum absolute atomic E-state index is 0.0338. The number of benzene rings is 3. The highest BCUT2D eigenvalue weighted by atomic mass is 16.5. The summed E-state index contributed by atoms with van der Waals surface area (Å²) in [7, 11) is 0. The largest absolute Gasteiger partial charge is 0.507 e. The van der Waals surface area contributed by atoms with E-state index in [2.05, 4.69) is 56.1 Å². The summed E-state index contributed by atoms with van der Waals surface area (Å²) < 4.78 is 11.6. The second kappa shape index (κ2) is 14.6. The fourth-order valence-electron chi connectivity index (χ4n) is 6.81. The molecule has 3 aromatic carbocycles. The summed E-state index contributed by atoms with van der Waals surface area (Å²) in [4.78, 5) is 25.7. The Morgan fingerprint density at radius 2 is 1.71 bits per heavy atom. The number of unbranched alkanes of at least 4 members (excludes halogenated alkanes) is 2. The molecule has 2 atom stereocenters. The predicted molar refractivity (Wildman–Crippen MR) is 179 cm³/mol. The lowest BCUT2D eigenvalue weighted by molar-refractivity contribution is -0.134. The van der Waals surface area contributed by atoms with Gasteiger partial charge in [-0.25, -0.2) is 4.79 Å². The van der Waals surface area contributed by atoms with Crippen LogP contribution in [0.5, 0.6) is 11.5 Å². The number of allylic oxidation sites excluding steroid dienone is 3. The van der Waals surface area contributed by atoms with E-state index in [1.54, 1.807) is 0 Å². The second-order valence-electron chi connectivity index (χ2n) is 12.5. The lowest BCUT2D eigenvalue weighted by Crippen LogP contribution is -2.29. The summed E-state index contributed by atoms with van der Waals surface area (Å²) in [6, 6.07) is 20.1. The summed E-state index contributed by atoms with van der Waals surface area (Å²) >= 11 is 0. The quantitative estimate of drug-likeness (QED) is 0.0929. The van der Waals surface area contributed by atoms with Gasteiger partial charge in [0.25, 0.3) is 0 Å². The average molecular weight is 608 g/mol. The van der Waals surface area contributed by atoms with Crippen LogP contribution >= 0.6 is 0 Å².